The molecule has 3 rings (SSSR count). The van der Waals surface area contributed by atoms with Crippen molar-refractivity contribution in [1.82, 2.24) is 19.9 Å². The fraction of sp³-hybridized carbons (Fsp3) is 0.556. The zero-order chi connectivity index (χ0) is 17.6. The summed E-state index contributed by atoms with van der Waals surface area (Å²) in [5.74, 6) is 1.38. The van der Waals surface area contributed by atoms with Gasteiger partial charge in [-0.3, -0.25) is 4.90 Å². The first-order chi connectivity index (χ1) is 12.1. The Balaban J connectivity index is 1.47. The molecule has 1 aromatic heterocycles. The van der Waals surface area contributed by atoms with Crippen LogP contribution in [0.3, 0.4) is 0 Å². The van der Waals surface area contributed by atoms with Crippen molar-refractivity contribution in [3.63, 3.8) is 0 Å². The van der Waals surface area contributed by atoms with Crippen molar-refractivity contribution in [3.8, 4) is 5.75 Å². The van der Waals surface area contributed by atoms with Crippen LogP contribution >= 0.6 is 0 Å². The Labute approximate surface area is 147 Å². The molecule has 0 saturated carbocycles. The molecule has 0 unspecified atom stereocenters. The Hall–Kier alpha value is -1.99. The molecule has 0 atom stereocenters. The Bertz CT molecular complexity index is 653. The van der Waals surface area contributed by atoms with Gasteiger partial charge in [0.1, 0.15) is 11.6 Å². The quantitative estimate of drug-likeness (QED) is 0.767. The summed E-state index contributed by atoms with van der Waals surface area (Å²) in [6.07, 6.45) is 2.33. The van der Waals surface area contributed by atoms with Crippen LogP contribution in [0.4, 0.5) is 4.39 Å². The lowest BCUT2D eigenvalue weighted by Gasteiger charge is -2.35. The predicted molar refractivity (Wildman–Crippen MR) is 91.6 cm³/mol. The third-order valence-electron chi connectivity index (χ3n) is 4.70. The molecule has 6 nitrogen and oxygen atoms in total. The number of nitrogens with zero attached hydrogens (tertiary/aromatic N) is 4. The standard InChI is InChI=1S/C18H25FN4O2/c1-3-23-10-8-15(9-11-23)22(2)12-18-20-17(21-25-18)13-24-16-6-4-14(19)5-7-16/h4-7,15H,3,8-13H2,1-2H3. The van der Waals surface area contributed by atoms with Crippen molar-refractivity contribution in [3.05, 3.63) is 41.8 Å². The number of likely N-dealkylation sites (tertiary alicyclic amines) is 1. The summed E-state index contributed by atoms with van der Waals surface area (Å²) in [7, 11) is 2.10. The lowest BCUT2D eigenvalue weighted by atomic mass is 10.0. The maximum absolute atomic E-state index is 12.9. The van der Waals surface area contributed by atoms with Gasteiger partial charge >= 0.3 is 0 Å². The second-order valence-corrected chi connectivity index (χ2v) is 6.43. The van der Waals surface area contributed by atoms with Crippen LogP contribution in [0.1, 0.15) is 31.5 Å². The first-order valence-corrected chi connectivity index (χ1v) is 8.76. The number of ether oxygens (including phenoxy) is 1. The highest BCUT2D eigenvalue weighted by Gasteiger charge is 2.23. The molecule has 2 aromatic rings. The van der Waals surface area contributed by atoms with E-state index in [1.807, 2.05) is 0 Å². The van der Waals surface area contributed by atoms with Gasteiger partial charge in [0.25, 0.3) is 0 Å². The SMILES string of the molecule is CCN1CCC(N(C)Cc2nc(COc3ccc(F)cc3)no2)CC1. The van der Waals surface area contributed by atoms with Crippen LogP contribution in [0.5, 0.6) is 5.75 Å². The normalized spacial score (nSPS) is 16.5. The zero-order valence-corrected chi connectivity index (χ0v) is 14.8. The predicted octanol–water partition coefficient (Wildman–Crippen LogP) is 2.70. The number of aromatic nitrogens is 2. The number of rotatable bonds is 7. The monoisotopic (exact) mass is 348 g/mol. The van der Waals surface area contributed by atoms with Crippen molar-refractivity contribution in [2.24, 2.45) is 0 Å². The molecule has 7 heteroatoms. The van der Waals surface area contributed by atoms with Gasteiger partial charge in [-0.05, 0) is 63.8 Å². The van der Waals surface area contributed by atoms with E-state index >= 15 is 0 Å². The van der Waals surface area contributed by atoms with Crippen LogP contribution in [0, 0.1) is 5.82 Å². The van der Waals surface area contributed by atoms with Gasteiger partial charge in [0.2, 0.25) is 11.7 Å². The van der Waals surface area contributed by atoms with E-state index in [0.29, 0.717) is 30.1 Å². The van der Waals surface area contributed by atoms with Crippen molar-refractivity contribution in [2.45, 2.75) is 39.0 Å². The third-order valence-corrected chi connectivity index (χ3v) is 4.70. The molecule has 0 amide bonds. The maximum Gasteiger partial charge on any atom is 0.240 e. The Morgan fingerprint density at radius 3 is 2.68 bits per heavy atom. The molecular formula is C18H25FN4O2. The lowest BCUT2D eigenvalue weighted by Crippen LogP contribution is -2.42. The summed E-state index contributed by atoms with van der Waals surface area (Å²) < 4.78 is 23.7. The van der Waals surface area contributed by atoms with Gasteiger partial charge in [-0.15, -0.1) is 0 Å². The Morgan fingerprint density at radius 1 is 1.28 bits per heavy atom. The number of piperidine rings is 1. The second kappa shape index (κ2) is 8.40. The van der Waals surface area contributed by atoms with E-state index in [0.717, 1.165) is 19.6 Å². The minimum atomic E-state index is -0.290. The molecule has 25 heavy (non-hydrogen) atoms. The van der Waals surface area contributed by atoms with Crippen LogP contribution in [-0.2, 0) is 13.2 Å². The molecule has 1 aromatic carbocycles. The Morgan fingerprint density at radius 2 is 2.00 bits per heavy atom. The number of hydrogen-bond acceptors (Lipinski definition) is 6. The van der Waals surface area contributed by atoms with Gasteiger partial charge in [-0.1, -0.05) is 12.1 Å². The van der Waals surface area contributed by atoms with Crippen molar-refractivity contribution >= 4 is 0 Å². The summed E-state index contributed by atoms with van der Waals surface area (Å²) in [5, 5.41) is 3.95. The molecule has 0 bridgehead atoms. The lowest BCUT2D eigenvalue weighted by molar-refractivity contribution is 0.118. The van der Waals surface area contributed by atoms with Crippen LogP contribution in [0.2, 0.25) is 0 Å². The van der Waals surface area contributed by atoms with Crippen molar-refractivity contribution in [2.75, 3.05) is 26.7 Å². The van der Waals surface area contributed by atoms with E-state index in [4.69, 9.17) is 9.26 Å². The average molecular weight is 348 g/mol. The number of halogens is 1. The van der Waals surface area contributed by atoms with Gasteiger partial charge in [0.05, 0.1) is 6.54 Å². The minimum absolute atomic E-state index is 0.202. The van der Waals surface area contributed by atoms with Crippen molar-refractivity contribution in [1.29, 1.82) is 0 Å². The minimum Gasteiger partial charge on any atom is -0.485 e. The van der Waals surface area contributed by atoms with Gasteiger partial charge in [0, 0.05) is 6.04 Å². The number of hydrogen-bond donors (Lipinski definition) is 0. The Kier molecular flexibility index (Phi) is 5.99. The van der Waals surface area contributed by atoms with E-state index in [9.17, 15) is 4.39 Å². The largest absolute Gasteiger partial charge is 0.485 e. The molecule has 1 fully saturated rings. The third kappa shape index (κ3) is 4.99. The fourth-order valence-corrected chi connectivity index (χ4v) is 3.11. The van der Waals surface area contributed by atoms with E-state index in [2.05, 4.69) is 33.9 Å². The summed E-state index contributed by atoms with van der Waals surface area (Å²) in [6.45, 7) is 6.46. The molecule has 0 radical (unpaired) electrons. The fourth-order valence-electron chi connectivity index (χ4n) is 3.11. The average Bonchev–Trinajstić information content (AvgIpc) is 3.08. The van der Waals surface area contributed by atoms with E-state index in [-0.39, 0.29) is 12.4 Å². The van der Waals surface area contributed by atoms with Gasteiger partial charge in [-0.25, -0.2) is 4.39 Å². The molecule has 0 aliphatic carbocycles. The molecule has 0 spiro atoms. The van der Waals surface area contributed by atoms with Crippen LogP contribution in [0.25, 0.3) is 0 Å². The highest BCUT2D eigenvalue weighted by Crippen LogP contribution is 2.17. The highest BCUT2D eigenvalue weighted by atomic mass is 19.1. The van der Waals surface area contributed by atoms with Crippen molar-refractivity contribution < 1.29 is 13.7 Å². The molecule has 1 saturated heterocycles. The van der Waals surface area contributed by atoms with E-state index in [1.54, 1.807) is 12.1 Å². The molecule has 1 aliphatic heterocycles. The summed E-state index contributed by atoms with van der Waals surface area (Å²) in [6, 6.07) is 6.42. The zero-order valence-electron chi connectivity index (χ0n) is 14.8. The van der Waals surface area contributed by atoms with Crippen LogP contribution in [-0.4, -0.2) is 52.7 Å². The topological polar surface area (TPSA) is 54.6 Å². The van der Waals surface area contributed by atoms with Gasteiger partial charge < -0.3 is 14.2 Å². The maximum atomic E-state index is 12.9. The van der Waals surface area contributed by atoms with Gasteiger partial charge in [-0.2, -0.15) is 4.98 Å². The van der Waals surface area contributed by atoms with Crippen LogP contribution < -0.4 is 4.74 Å². The van der Waals surface area contributed by atoms with E-state index < -0.39 is 0 Å². The van der Waals surface area contributed by atoms with E-state index in [1.165, 1.54) is 25.0 Å². The summed E-state index contributed by atoms with van der Waals surface area (Å²) in [5.41, 5.74) is 0. The first kappa shape index (κ1) is 17.8. The summed E-state index contributed by atoms with van der Waals surface area (Å²) in [4.78, 5) is 9.14. The number of benzene rings is 1. The molecule has 2 heterocycles. The highest BCUT2D eigenvalue weighted by molar-refractivity contribution is 5.22. The summed E-state index contributed by atoms with van der Waals surface area (Å²) >= 11 is 0. The first-order valence-electron chi connectivity index (χ1n) is 8.76. The molecular weight excluding hydrogens is 323 g/mol. The molecule has 136 valence electrons. The smallest absolute Gasteiger partial charge is 0.240 e. The van der Waals surface area contributed by atoms with Gasteiger partial charge in [0.15, 0.2) is 6.61 Å². The molecule has 0 N–H and O–H groups in total. The second-order valence-electron chi connectivity index (χ2n) is 6.43. The molecule has 1 aliphatic rings. The van der Waals surface area contributed by atoms with Crippen LogP contribution in [0.15, 0.2) is 28.8 Å².